The monoisotopic (exact) mass is 437 g/mol. The molecule has 33 heavy (non-hydrogen) atoms. The number of benzene rings is 4. The summed E-state index contributed by atoms with van der Waals surface area (Å²) in [7, 11) is 4.90. The summed E-state index contributed by atoms with van der Waals surface area (Å²) in [5.41, 5.74) is 7.54. The van der Waals surface area contributed by atoms with Gasteiger partial charge in [0.25, 0.3) is 0 Å². The summed E-state index contributed by atoms with van der Waals surface area (Å²) in [6.07, 6.45) is 0. The van der Waals surface area contributed by atoms with E-state index in [9.17, 15) is 0 Å². The van der Waals surface area contributed by atoms with E-state index in [1.165, 1.54) is 0 Å². The summed E-state index contributed by atoms with van der Waals surface area (Å²) in [4.78, 5) is 5.04. The summed E-state index contributed by atoms with van der Waals surface area (Å²) in [5, 5.41) is 6.95. The normalized spacial score (nSPS) is 12.7. The number of aliphatic imine (C=N–C) groups is 1. The van der Waals surface area contributed by atoms with Gasteiger partial charge in [-0.15, -0.1) is 0 Å². The molecule has 0 aromatic heterocycles. The van der Waals surface area contributed by atoms with Crippen molar-refractivity contribution < 1.29 is 14.2 Å². The van der Waals surface area contributed by atoms with Crippen LogP contribution in [0.3, 0.4) is 0 Å². The smallest absolute Gasteiger partial charge is 0.161 e. The van der Waals surface area contributed by atoms with Crippen LogP contribution < -0.4 is 19.6 Å². The Labute approximate surface area is 192 Å². The van der Waals surface area contributed by atoms with Gasteiger partial charge in [0.1, 0.15) is 11.5 Å². The van der Waals surface area contributed by atoms with Gasteiger partial charge in [-0.3, -0.25) is 5.43 Å². The van der Waals surface area contributed by atoms with E-state index >= 15 is 0 Å². The molecule has 0 aliphatic carbocycles. The molecule has 0 fully saturated rings. The Morgan fingerprint density at radius 2 is 1.45 bits per heavy atom. The van der Waals surface area contributed by atoms with E-state index < -0.39 is 0 Å². The fourth-order valence-electron chi connectivity index (χ4n) is 3.95. The second-order valence-corrected chi connectivity index (χ2v) is 7.51. The van der Waals surface area contributed by atoms with Crippen molar-refractivity contribution in [2.75, 3.05) is 21.3 Å². The molecule has 1 aliphatic rings. The van der Waals surface area contributed by atoms with Crippen LogP contribution >= 0.6 is 0 Å². The van der Waals surface area contributed by atoms with E-state index in [0.717, 1.165) is 44.6 Å². The first-order chi connectivity index (χ1) is 16.2. The van der Waals surface area contributed by atoms with Gasteiger partial charge in [0, 0.05) is 22.1 Å². The van der Waals surface area contributed by atoms with Gasteiger partial charge in [0.05, 0.1) is 27.0 Å². The molecule has 164 valence electrons. The minimum Gasteiger partial charge on any atom is -0.497 e. The molecule has 0 spiro atoms. The molecule has 5 rings (SSSR count). The summed E-state index contributed by atoms with van der Waals surface area (Å²) in [6.45, 7) is 0. The fraction of sp³-hybridized carbons (Fsp3) is 0.111. The topological polar surface area (TPSA) is 64.4 Å². The summed E-state index contributed by atoms with van der Waals surface area (Å²) in [6, 6.07) is 25.9. The minimum absolute atomic E-state index is 0.639. The molecule has 1 heterocycles. The van der Waals surface area contributed by atoms with Gasteiger partial charge in [-0.25, -0.2) is 4.99 Å². The Hall–Kier alpha value is -4.32. The molecule has 6 heteroatoms. The average Bonchev–Trinajstić information content (AvgIpc) is 3.08. The van der Waals surface area contributed by atoms with Crippen LogP contribution in [0.5, 0.6) is 17.2 Å². The Kier molecular flexibility index (Phi) is 5.40. The number of hydrogen-bond acceptors (Lipinski definition) is 6. The zero-order valence-electron chi connectivity index (χ0n) is 18.6. The third-order valence-corrected chi connectivity index (χ3v) is 5.67. The Balaban J connectivity index is 1.71. The quantitative estimate of drug-likeness (QED) is 0.460. The van der Waals surface area contributed by atoms with Gasteiger partial charge in [-0.1, -0.05) is 30.3 Å². The lowest BCUT2D eigenvalue weighted by molar-refractivity contribution is 0.355. The fourth-order valence-corrected chi connectivity index (χ4v) is 3.95. The lowest BCUT2D eigenvalue weighted by atomic mass is 9.96. The number of nitrogens with one attached hydrogen (secondary N) is 1. The van der Waals surface area contributed by atoms with Crippen LogP contribution in [0, 0.1) is 0 Å². The minimum atomic E-state index is 0.639. The first-order valence-electron chi connectivity index (χ1n) is 10.5. The van der Waals surface area contributed by atoms with Crippen LogP contribution in [-0.2, 0) is 0 Å². The van der Waals surface area contributed by atoms with Crippen molar-refractivity contribution in [1.29, 1.82) is 0 Å². The SMILES string of the molecule is COc1ccc(C2=Nc3c(ccc4ccccc34)C(c3ccc(OC)c(OC)c3)=NN2)cc1. The third kappa shape index (κ3) is 3.76. The number of hydrazone groups is 1. The highest BCUT2D eigenvalue weighted by atomic mass is 16.5. The lowest BCUT2D eigenvalue weighted by Gasteiger charge is -2.13. The summed E-state index contributed by atoms with van der Waals surface area (Å²) >= 11 is 0. The summed E-state index contributed by atoms with van der Waals surface area (Å²) < 4.78 is 16.2. The maximum absolute atomic E-state index is 5.53. The molecule has 0 radical (unpaired) electrons. The van der Waals surface area contributed by atoms with Crippen molar-refractivity contribution in [3.05, 3.63) is 95.6 Å². The molecular formula is C27H23N3O3. The zero-order valence-corrected chi connectivity index (χ0v) is 18.6. The van der Waals surface area contributed by atoms with Gasteiger partial charge < -0.3 is 14.2 Å². The molecule has 0 amide bonds. The van der Waals surface area contributed by atoms with E-state index in [-0.39, 0.29) is 0 Å². The molecule has 1 aliphatic heterocycles. The molecule has 0 saturated heterocycles. The van der Waals surface area contributed by atoms with Crippen molar-refractivity contribution in [2.45, 2.75) is 0 Å². The number of nitrogens with zero attached hydrogens (tertiary/aromatic N) is 2. The molecule has 0 unspecified atom stereocenters. The highest BCUT2D eigenvalue weighted by molar-refractivity contribution is 6.21. The van der Waals surface area contributed by atoms with Gasteiger partial charge in [0.2, 0.25) is 0 Å². The second-order valence-electron chi connectivity index (χ2n) is 7.51. The Bertz CT molecular complexity index is 1390. The standard InChI is InChI=1S/C27H23N3O3/c1-31-20-12-8-18(9-13-20)27-28-26-21-7-5-4-6-17(21)10-14-22(26)25(29-30-27)19-11-15-23(32-2)24(16-19)33-3/h4-16H,1-3H3,(H,28,30). The second kappa shape index (κ2) is 8.67. The van der Waals surface area contributed by atoms with Crippen LogP contribution in [0.25, 0.3) is 10.8 Å². The van der Waals surface area contributed by atoms with Crippen molar-refractivity contribution in [3.8, 4) is 17.2 Å². The van der Waals surface area contributed by atoms with Crippen molar-refractivity contribution >= 4 is 28.0 Å². The van der Waals surface area contributed by atoms with Crippen LogP contribution in [0.4, 0.5) is 5.69 Å². The predicted molar refractivity (Wildman–Crippen MR) is 131 cm³/mol. The highest BCUT2D eigenvalue weighted by Crippen LogP contribution is 2.35. The van der Waals surface area contributed by atoms with Gasteiger partial charge >= 0.3 is 0 Å². The first-order valence-corrected chi connectivity index (χ1v) is 10.5. The number of methoxy groups -OCH3 is 3. The number of hydrogen-bond donors (Lipinski definition) is 1. The van der Waals surface area contributed by atoms with Crippen molar-refractivity contribution in [2.24, 2.45) is 10.1 Å². The van der Waals surface area contributed by atoms with E-state index in [1.807, 2.05) is 54.6 Å². The van der Waals surface area contributed by atoms with E-state index in [4.69, 9.17) is 24.3 Å². The molecular weight excluding hydrogens is 414 g/mol. The van der Waals surface area contributed by atoms with Gasteiger partial charge in [-0.05, 0) is 53.9 Å². The largest absolute Gasteiger partial charge is 0.497 e. The van der Waals surface area contributed by atoms with Crippen LogP contribution in [0.15, 0.2) is 89.0 Å². The molecule has 6 nitrogen and oxygen atoms in total. The average molecular weight is 437 g/mol. The van der Waals surface area contributed by atoms with E-state index in [2.05, 4.69) is 29.7 Å². The Morgan fingerprint density at radius 3 is 2.21 bits per heavy atom. The molecule has 1 N–H and O–H groups in total. The zero-order chi connectivity index (χ0) is 22.8. The van der Waals surface area contributed by atoms with Gasteiger partial charge in [0.15, 0.2) is 17.3 Å². The van der Waals surface area contributed by atoms with Crippen molar-refractivity contribution in [3.63, 3.8) is 0 Å². The van der Waals surface area contributed by atoms with Gasteiger partial charge in [-0.2, -0.15) is 5.10 Å². The van der Waals surface area contributed by atoms with Crippen LogP contribution in [0.1, 0.15) is 16.7 Å². The van der Waals surface area contributed by atoms with E-state index in [1.54, 1.807) is 21.3 Å². The number of rotatable bonds is 5. The van der Waals surface area contributed by atoms with Crippen molar-refractivity contribution in [1.82, 2.24) is 5.43 Å². The third-order valence-electron chi connectivity index (χ3n) is 5.67. The summed E-state index contributed by atoms with van der Waals surface area (Å²) in [5.74, 6) is 2.75. The molecule has 4 aromatic rings. The predicted octanol–water partition coefficient (Wildman–Crippen LogP) is 5.30. The highest BCUT2D eigenvalue weighted by Gasteiger charge is 2.20. The lowest BCUT2D eigenvalue weighted by Crippen LogP contribution is -2.19. The van der Waals surface area contributed by atoms with E-state index in [0.29, 0.717) is 17.3 Å². The molecule has 4 aromatic carbocycles. The number of amidine groups is 1. The molecule has 0 bridgehead atoms. The maximum atomic E-state index is 5.53. The number of fused-ring (bicyclic) bond motifs is 3. The Morgan fingerprint density at radius 1 is 0.697 bits per heavy atom. The first kappa shape index (κ1) is 20.6. The molecule has 0 atom stereocenters. The maximum Gasteiger partial charge on any atom is 0.161 e. The molecule has 0 saturated carbocycles. The number of ether oxygens (including phenoxy) is 3. The van der Waals surface area contributed by atoms with Crippen LogP contribution in [-0.4, -0.2) is 32.9 Å². The van der Waals surface area contributed by atoms with Crippen LogP contribution in [0.2, 0.25) is 0 Å².